The summed E-state index contributed by atoms with van der Waals surface area (Å²) in [6.07, 6.45) is 4.90. The first-order valence-electron chi connectivity index (χ1n) is 7.95. The molecule has 0 aliphatic rings. The summed E-state index contributed by atoms with van der Waals surface area (Å²) in [4.78, 5) is 4.39. The molecule has 4 heteroatoms. The number of benzene rings is 1. The van der Waals surface area contributed by atoms with Crippen LogP contribution >= 0.6 is 11.3 Å². The van der Waals surface area contributed by atoms with Crippen molar-refractivity contribution in [2.75, 3.05) is 13.7 Å². The van der Waals surface area contributed by atoms with E-state index < -0.39 is 0 Å². The summed E-state index contributed by atoms with van der Waals surface area (Å²) in [5.41, 5.74) is 4.92. The Bertz CT molecular complexity index is 554. The van der Waals surface area contributed by atoms with Crippen LogP contribution in [0.25, 0.3) is 11.3 Å². The maximum Gasteiger partial charge on any atom is 0.134 e. The number of para-hydroxylation sites is 1. The molecule has 1 unspecified atom stereocenters. The van der Waals surface area contributed by atoms with Gasteiger partial charge in [0.15, 0.2) is 0 Å². The number of methoxy groups -OCH3 is 1. The Morgan fingerprint density at radius 2 is 2.09 bits per heavy atom. The number of rotatable bonds is 9. The number of hydrogen-bond acceptors (Lipinski definition) is 4. The molecule has 0 bridgehead atoms. The Labute approximate surface area is 137 Å². The van der Waals surface area contributed by atoms with E-state index in [0.717, 1.165) is 35.6 Å². The molecule has 120 valence electrons. The molecule has 0 N–H and O–H groups in total. The predicted molar refractivity (Wildman–Crippen MR) is 92.6 cm³/mol. The highest BCUT2D eigenvalue weighted by molar-refractivity contribution is 7.07. The maximum atomic E-state index is 5.99. The monoisotopic (exact) mass is 319 g/mol. The van der Waals surface area contributed by atoms with Crippen molar-refractivity contribution in [2.45, 2.75) is 45.6 Å². The van der Waals surface area contributed by atoms with Crippen molar-refractivity contribution >= 4 is 11.3 Å². The smallest absolute Gasteiger partial charge is 0.134 e. The minimum Gasteiger partial charge on any atom is -0.496 e. The van der Waals surface area contributed by atoms with Crippen molar-refractivity contribution in [3.8, 4) is 17.0 Å². The molecule has 0 spiro atoms. The molecule has 0 aliphatic heterocycles. The summed E-state index contributed by atoms with van der Waals surface area (Å²) in [6.45, 7) is 5.10. The molecule has 2 aromatic rings. The first kappa shape index (κ1) is 17.0. The zero-order valence-electron chi connectivity index (χ0n) is 13.7. The predicted octanol–water partition coefficient (Wildman–Crippen LogP) is 5.48. The molecule has 0 radical (unpaired) electrons. The van der Waals surface area contributed by atoms with Gasteiger partial charge in [0.05, 0.1) is 24.4 Å². The number of hydrogen-bond donors (Lipinski definition) is 0. The van der Waals surface area contributed by atoms with Gasteiger partial charge in [-0.05, 0) is 19.4 Å². The molecule has 2 rings (SSSR count). The van der Waals surface area contributed by atoms with Gasteiger partial charge in [0.25, 0.3) is 0 Å². The molecule has 0 amide bonds. The van der Waals surface area contributed by atoms with E-state index in [1.807, 2.05) is 23.0 Å². The van der Waals surface area contributed by atoms with Crippen LogP contribution in [-0.2, 0) is 4.74 Å². The van der Waals surface area contributed by atoms with E-state index in [-0.39, 0.29) is 6.10 Å². The average Bonchev–Trinajstić information content (AvgIpc) is 3.08. The van der Waals surface area contributed by atoms with Gasteiger partial charge < -0.3 is 9.47 Å². The van der Waals surface area contributed by atoms with E-state index in [4.69, 9.17) is 9.47 Å². The highest BCUT2D eigenvalue weighted by Crippen LogP contribution is 2.36. The quantitative estimate of drug-likeness (QED) is 0.574. The molecule has 1 heterocycles. The second-order valence-electron chi connectivity index (χ2n) is 5.38. The highest BCUT2D eigenvalue weighted by Gasteiger charge is 2.17. The second-order valence-corrected chi connectivity index (χ2v) is 6.09. The molecule has 0 fully saturated rings. The lowest BCUT2D eigenvalue weighted by atomic mass is 10.0. The molecule has 1 aromatic carbocycles. The van der Waals surface area contributed by atoms with Crippen molar-refractivity contribution in [2.24, 2.45) is 0 Å². The molecule has 3 nitrogen and oxygen atoms in total. The molecule has 0 saturated carbocycles. The Morgan fingerprint density at radius 1 is 1.23 bits per heavy atom. The van der Waals surface area contributed by atoms with Crippen LogP contribution in [0.1, 0.15) is 51.2 Å². The SMILES string of the molecule is CCCCCCOC(C)c1cccc(-c2cscn2)c1OC. The second kappa shape index (κ2) is 8.91. The first-order valence-corrected chi connectivity index (χ1v) is 8.89. The standard InChI is InChI=1S/C18H25NO2S/c1-4-5-6-7-11-21-14(2)15-9-8-10-16(18(15)20-3)17-12-22-13-19-17/h8-10,12-14H,4-7,11H2,1-3H3. The van der Waals surface area contributed by atoms with Gasteiger partial charge in [0.2, 0.25) is 0 Å². The summed E-state index contributed by atoms with van der Waals surface area (Å²) >= 11 is 1.59. The van der Waals surface area contributed by atoms with Gasteiger partial charge in [0.1, 0.15) is 5.75 Å². The van der Waals surface area contributed by atoms with Gasteiger partial charge in [-0.15, -0.1) is 11.3 Å². The van der Waals surface area contributed by atoms with Gasteiger partial charge >= 0.3 is 0 Å². The third kappa shape index (κ3) is 4.31. The van der Waals surface area contributed by atoms with E-state index in [0.29, 0.717) is 0 Å². The number of ether oxygens (including phenoxy) is 2. The van der Waals surface area contributed by atoms with Crippen molar-refractivity contribution in [3.05, 3.63) is 34.7 Å². The number of thiazole rings is 1. The van der Waals surface area contributed by atoms with Crippen LogP contribution < -0.4 is 4.74 Å². The Morgan fingerprint density at radius 3 is 2.77 bits per heavy atom. The third-order valence-electron chi connectivity index (χ3n) is 3.76. The van der Waals surface area contributed by atoms with E-state index in [9.17, 15) is 0 Å². The third-order valence-corrected chi connectivity index (χ3v) is 4.35. The van der Waals surface area contributed by atoms with Crippen LogP contribution in [0.4, 0.5) is 0 Å². The fourth-order valence-electron chi connectivity index (χ4n) is 2.53. The molecule has 0 aliphatic carbocycles. The lowest BCUT2D eigenvalue weighted by Crippen LogP contribution is -2.05. The molecule has 0 saturated heterocycles. The average molecular weight is 319 g/mol. The van der Waals surface area contributed by atoms with E-state index in [1.54, 1.807) is 18.4 Å². The van der Waals surface area contributed by atoms with Crippen LogP contribution in [0, 0.1) is 0 Å². The zero-order chi connectivity index (χ0) is 15.8. The van der Waals surface area contributed by atoms with Gasteiger partial charge in [0, 0.05) is 23.1 Å². The minimum absolute atomic E-state index is 0.0233. The Balaban J connectivity index is 2.08. The van der Waals surface area contributed by atoms with Crippen LogP contribution in [0.15, 0.2) is 29.1 Å². The van der Waals surface area contributed by atoms with Crippen LogP contribution in [0.2, 0.25) is 0 Å². The molecule has 1 aromatic heterocycles. The van der Waals surface area contributed by atoms with E-state index in [1.165, 1.54) is 19.3 Å². The van der Waals surface area contributed by atoms with Gasteiger partial charge in [-0.3, -0.25) is 0 Å². The summed E-state index contributed by atoms with van der Waals surface area (Å²) in [6, 6.07) is 6.17. The maximum absolute atomic E-state index is 5.99. The lowest BCUT2D eigenvalue weighted by Gasteiger charge is -2.18. The van der Waals surface area contributed by atoms with Gasteiger partial charge in [-0.1, -0.05) is 38.3 Å². The summed E-state index contributed by atoms with van der Waals surface area (Å²) in [5, 5.41) is 2.04. The molecular formula is C18H25NO2S. The lowest BCUT2D eigenvalue weighted by molar-refractivity contribution is 0.0612. The van der Waals surface area contributed by atoms with E-state index in [2.05, 4.69) is 24.9 Å². The Hall–Kier alpha value is -1.39. The number of nitrogens with zero attached hydrogens (tertiary/aromatic N) is 1. The van der Waals surface area contributed by atoms with Crippen molar-refractivity contribution in [3.63, 3.8) is 0 Å². The zero-order valence-corrected chi connectivity index (χ0v) is 14.5. The van der Waals surface area contributed by atoms with Gasteiger partial charge in [-0.2, -0.15) is 0 Å². The normalized spacial score (nSPS) is 12.3. The highest BCUT2D eigenvalue weighted by atomic mass is 32.1. The van der Waals surface area contributed by atoms with Crippen molar-refractivity contribution < 1.29 is 9.47 Å². The van der Waals surface area contributed by atoms with Crippen LogP contribution in [-0.4, -0.2) is 18.7 Å². The summed E-state index contributed by atoms with van der Waals surface area (Å²) in [7, 11) is 1.71. The first-order chi connectivity index (χ1) is 10.8. The number of unbranched alkanes of at least 4 members (excludes halogenated alkanes) is 3. The molecular weight excluding hydrogens is 294 g/mol. The number of aromatic nitrogens is 1. The van der Waals surface area contributed by atoms with Crippen LogP contribution in [0.5, 0.6) is 5.75 Å². The fraction of sp³-hybridized carbons (Fsp3) is 0.500. The fourth-order valence-corrected chi connectivity index (χ4v) is 3.08. The van der Waals surface area contributed by atoms with Gasteiger partial charge in [-0.25, -0.2) is 4.98 Å². The molecule has 1 atom stereocenters. The van der Waals surface area contributed by atoms with Crippen molar-refractivity contribution in [1.82, 2.24) is 4.98 Å². The topological polar surface area (TPSA) is 31.4 Å². The molecule has 22 heavy (non-hydrogen) atoms. The largest absolute Gasteiger partial charge is 0.496 e. The van der Waals surface area contributed by atoms with Crippen LogP contribution in [0.3, 0.4) is 0 Å². The van der Waals surface area contributed by atoms with Crippen molar-refractivity contribution in [1.29, 1.82) is 0 Å². The summed E-state index contributed by atoms with van der Waals surface area (Å²) in [5.74, 6) is 0.870. The minimum atomic E-state index is 0.0233. The Kier molecular flexibility index (Phi) is 6.87. The summed E-state index contributed by atoms with van der Waals surface area (Å²) < 4.78 is 11.6. The van der Waals surface area contributed by atoms with E-state index >= 15 is 0 Å².